The van der Waals surface area contributed by atoms with E-state index in [1.54, 1.807) is 7.11 Å². The number of ether oxygens (including phenoxy) is 6. The van der Waals surface area contributed by atoms with Crippen LogP contribution in [0.2, 0.25) is 0 Å². The summed E-state index contributed by atoms with van der Waals surface area (Å²) >= 11 is 0. The minimum Gasteiger partial charge on any atom is -0.463 e. The highest BCUT2D eigenvalue weighted by Gasteiger charge is 2.76. The molecule has 17 atom stereocenters. The van der Waals surface area contributed by atoms with Crippen LogP contribution >= 0.6 is 0 Å². The van der Waals surface area contributed by atoms with Gasteiger partial charge in [-0.25, -0.2) is 0 Å². The van der Waals surface area contributed by atoms with Crippen molar-refractivity contribution in [1.29, 1.82) is 0 Å². The molecule has 0 bridgehead atoms. The molecule has 0 aromatic carbocycles. The second-order valence-electron chi connectivity index (χ2n) is 19.6. The third kappa shape index (κ3) is 6.23. The van der Waals surface area contributed by atoms with E-state index >= 15 is 0 Å². The zero-order valence-corrected chi connectivity index (χ0v) is 33.9. The first kappa shape index (κ1) is 41.3. The van der Waals surface area contributed by atoms with Gasteiger partial charge in [-0.05, 0) is 99.7 Å². The number of esters is 2. The van der Waals surface area contributed by atoms with Gasteiger partial charge in [0.2, 0.25) is 0 Å². The molecule has 53 heavy (non-hydrogen) atoms. The fourth-order valence-electron chi connectivity index (χ4n) is 13.3. The van der Waals surface area contributed by atoms with Gasteiger partial charge in [-0.1, -0.05) is 41.5 Å². The Morgan fingerprint density at radius 1 is 0.849 bits per heavy atom. The van der Waals surface area contributed by atoms with Gasteiger partial charge in [0, 0.05) is 31.8 Å². The van der Waals surface area contributed by atoms with Crippen LogP contribution in [-0.2, 0) is 38.0 Å². The number of fused-ring (bicyclic) bond motifs is 6. The van der Waals surface area contributed by atoms with Crippen molar-refractivity contribution < 1.29 is 58.4 Å². The maximum absolute atomic E-state index is 12.3. The maximum Gasteiger partial charge on any atom is 0.302 e. The van der Waals surface area contributed by atoms with E-state index in [4.69, 9.17) is 28.4 Å². The summed E-state index contributed by atoms with van der Waals surface area (Å²) < 4.78 is 37.2. The van der Waals surface area contributed by atoms with Crippen molar-refractivity contribution in [2.24, 2.45) is 45.3 Å². The number of carbonyl (C=O) groups is 2. The van der Waals surface area contributed by atoms with Crippen molar-refractivity contribution in [3.63, 3.8) is 0 Å². The van der Waals surface area contributed by atoms with Crippen LogP contribution in [0.1, 0.15) is 121 Å². The summed E-state index contributed by atoms with van der Waals surface area (Å²) in [5.41, 5.74) is -2.47. The lowest BCUT2D eigenvalue weighted by Gasteiger charge is -2.72. The molecule has 4 N–H and O–H groups in total. The van der Waals surface area contributed by atoms with E-state index in [2.05, 4.69) is 41.5 Å². The third-order valence-electron chi connectivity index (χ3n) is 16.6. The van der Waals surface area contributed by atoms with Crippen molar-refractivity contribution in [2.75, 3.05) is 13.7 Å². The molecule has 0 radical (unpaired) electrons. The first-order valence-electron chi connectivity index (χ1n) is 20.1. The van der Waals surface area contributed by atoms with Gasteiger partial charge in [0.05, 0.1) is 23.4 Å². The summed E-state index contributed by atoms with van der Waals surface area (Å²) in [6.45, 7) is 20.1. The Bertz CT molecular complexity index is 1390. The van der Waals surface area contributed by atoms with Gasteiger partial charge in [0.15, 0.2) is 6.29 Å². The number of hydrogen-bond acceptors (Lipinski definition) is 12. The van der Waals surface area contributed by atoms with Crippen molar-refractivity contribution in [3.8, 4) is 0 Å². The van der Waals surface area contributed by atoms with Crippen LogP contribution in [0.5, 0.6) is 0 Å². The summed E-state index contributed by atoms with van der Waals surface area (Å²) in [6.07, 6.45) is -2.29. The average Bonchev–Trinajstić information content (AvgIpc) is 3.58. The van der Waals surface area contributed by atoms with Crippen LogP contribution in [0.3, 0.4) is 0 Å². The summed E-state index contributed by atoms with van der Waals surface area (Å²) in [5.74, 6) is -0.218. The Morgan fingerprint density at radius 2 is 1.51 bits per heavy atom. The minimum atomic E-state index is -1.58. The molecule has 0 unspecified atom stereocenters. The molecule has 12 heteroatoms. The Kier molecular flexibility index (Phi) is 10.8. The predicted octanol–water partition coefficient (Wildman–Crippen LogP) is 4.30. The summed E-state index contributed by atoms with van der Waals surface area (Å²) in [6, 6.07) is 0. The Balaban J connectivity index is 1.40. The molecular weight excluding hydrogens is 684 g/mol. The van der Waals surface area contributed by atoms with Crippen molar-refractivity contribution >= 4 is 11.9 Å². The second-order valence-corrected chi connectivity index (χ2v) is 19.6. The highest BCUT2D eigenvalue weighted by Crippen LogP contribution is 2.77. The van der Waals surface area contributed by atoms with E-state index in [0.717, 1.165) is 44.9 Å². The largest absolute Gasteiger partial charge is 0.463 e. The lowest BCUT2D eigenvalue weighted by atomic mass is 9.34. The van der Waals surface area contributed by atoms with E-state index in [9.17, 15) is 30.0 Å². The Labute approximate surface area is 315 Å². The van der Waals surface area contributed by atoms with Crippen LogP contribution in [0, 0.1) is 45.3 Å². The van der Waals surface area contributed by atoms with Crippen LogP contribution in [0.4, 0.5) is 0 Å². The van der Waals surface area contributed by atoms with E-state index in [1.165, 1.54) is 13.8 Å². The van der Waals surface area contributed by atoms with Crippen LogP contribution in [0.25, 0.3) is 0 Å². The van der Waals surface area contributed by atoms with E-state index < -0.39 is 70.9 Å². The highest BCUT2D eigenvalue weighted by atomic mass is 16.7. The van der Waals surface area contributed by atoms with Gasteiger partial charge < -0.3 is 48.8 Å². The van der Waals surface area contributed by atoms with Gasteiger partial charge in [-0.3, -0.25) is 9.59 Å². The summed E-state index contributed by atoms with van der Waals surface area (Å²) in [7, 11) is 1.62. The van der Waals surface area contributed by atoms with Crippen molar-refractivity contribution in [3.05, 3.63) is 0 Å². The molecule has 6 rings (SSSR count). The first-order chi connectivity index (χ1) is 24.5. The standard InChI is InChI=1S/C41H68O12/c1-21-18-24(34(47)37(6,7)48-11)53-41(21)17-16-39(9)27(41)13-12-26-38(8)15-14-29(50-23(3)43)36(4,5)28(38)19-30(40(26,39)10)52-35-33(46)32(45)31(44)25(51-35)20-49-22(2)42/h21,24-35,44-47H,12-20H2,1-11H3/t21-,24-,25+,26+,27+,28-,29+,30+,31+,32-,33-,34+,35-,38+,39+,40+,41-/m0/s1. The van der Waals surface area contributed by atoms with Crippen LogP contribution < -0.4 is 0 Å². The smallest absolute Gasteiger partial charge is 0.302 e. The molecule has 304 valence electrons. The molecule has 0 aromatic rings. The van der Waals surface area contributed by atoms with Crippen molar-refractivity contribution in [1.82, 2.24) is 0 Å². The van der Waals surface area contributed by atoms with E-state index in [0.29, 0.717) is 6.42 Å². The van der Waals surface area contributed by atoms with Gasteiger partial charge in [-0.15, -0.1) is 0 Å². The van der Waals surface area contributed by atoms with Gasteiger partial charge in [0.25, 0.3) is 0 Å². The van der Waals surface area contributed by atoms with E-state index in [1.807, 2.05) is 13.8 Å². The van der Waals surface area contributed by atoms with Crippen LogP contribution in [-0.4, -0.2) is 112 Å². The number of hydrogen-bond donors (Lipinski definition) is 4. The molecule has 12 nitrogen and oxygen atoms in total. The zero-order valence-electron chi connectivity index (χ0n) is 33.9. The molecule has 2 saturated heterocycles. The molecule has 0 amide bonds. The molecule has 6 fully saturated rings. The molecule has 6 aliphatic rings. The van der Waals surface area contributed by atoms with Crippen molar-refractivity contribution in [2.45, 2.75) is 187 Å². The van der Waals surface area contributed by atoms with E-state index in [-0.39, 0.29) is 59.3 Å². The monoisotopic (exact) mass is 752 g/mol. The lowest BCUT2D eigenvalue weighted by molar-refractivity contribution is -0.351. The second kappa shape index (κ2) is 13.9. The third-order valence-corrected chi connectivity index (χ3v) is 16.6. The zero-order chi connectivity index (χ0) is 39.3. The maximum atomic E-state index is 12.3. The number of aliphatic hydroxyl groups excluding tert-OH is 4. The molecule has 0 aromatic heterocycles. The topological polar surface area (TPSA) is 170 Å². The number of methoxy groups -OCH3 is 1. The minimum absolute atomic E-state index is 0.0808. The fourth-order valence-corrected chi connectivity index (χ4v) is 13.3. The number of aliphatic hydroxyl groups is 4. The summed E-state index contributed by atoms with van der Waals surface area (Å²) in [5, 5.41) is 44.7. The molecule has 4 saturated carbocycles. The summed E-state index contributed by atoms with van der Waals surface area (Å²) in [4.78, 5) is 24.0. The normalized spacial score (nSPS) is 49.8. The van der Waals surface area contributed by atoms with Gasteiger partial charge in [0.1, 0.15) is 43.2 Å². The number of carbonyl (C=O) groups excluding carboxylic acids is 2. The van der Waals surface area contributed by atoms with Crippen LogP contribution in [0.15, 0.2) is 0 Å². The lowest BCUT2D eigenvalue weighted by Crippen LogP contribution is -2.71. The van der Waals surface area contributed by atoms with Gasteiger partial charge in [-0.2, -0.15) is 0 Å². The highest BCUT2D eigenvalue weighted by molar-refractivity contribution is 5.66. The molecule has 2 aliphatic heterocycles. The predicted molar refractivity (Wildman–Crippen MR) is 193 cm³/mol. The molecular formula is C41H68O12. The Morgan fingerprint density at radius 3 is 2.13 bits per heavy atom. The first-order valence-corrected chi connectivity index (χ1v) is 20.1. The molecule has 4 aliphatic carbocycles. The molecule has 2 heterocycles. The van der Waals surface area contributed by atoms with Gasteiger partial charge >= 0.3 is 11.9 Å². The fraction of sp³-hybridized carbons (Fsp3) is 0.951. The average molecular weight is 753 g/mol. The SMILES string of the molecule is COC(C)(C)[C@H](O)[C@@H]1C[C@H](C)[C@]2(CC[C@]3(C)[C@H]2CC[C@@H]2[C@@]4(C)CC[C@@H](OC(C)=O)C(C)(C)[C@@H]4C[C@@H](O[C@@H]4O[C@H](COC(C)=O)[C@@H](O)[C@H](O)[C@@H]4O)[C@@]23C)O1. The Hall–Kier alpha value is -1.38. The molecule has 1 spiro atoms. The number of rotatable bonds is 8. The quantitative estimate of drug-likeness (QED) is 0.205.